The van der Waals surface area contributed by atoms with Gasteiger partial charge in [-0.1, -0.05) is 49.4 Å². The molecule has 0 radical (unpaired) electrons. The molecule has 9 nitrogen and oxygen atoms in total. The van der Waals surface area contributed by atoms with Gasteiger partial charge in [-0.2, -0.15) is 0 Å². The van der Waals surface area contributed by atoms with E-state index in [-0.39, 0.29) is 24.4 Å². The third-order valence-electron chi connectivity index (χ3n) is 6.51. The molecule has 0 spiro atoms. The highest BCUT2D eigenvalue weighted by atomic mass is 16.6. The molecular formula is C28H27N3O6. The number of fused-ring (bicyclic) bond motifs is 1. The summed E-state index contributed by atoms with van der Waals surface area (Å²) in [6.07, 6.45) is 4.35. The van der Waals surface area contributed by atoms with Crippen LogP contribution in [-0.4, -0.2) is 34.1 Å². The maximum atomic E-state index is 13.7. The zero-order chi connectivity index (χ0) is 26.6. The van der Waals surface area contributed by atoms with E-state index in [9.17, 15) is 24.8 Å². The summed E-state index contributed by atoms with van der Waals surface area (Å²) in [5.41, 5.74) is 0.260. The molecule has 2 atom stereocenters. The van der Waals surface area contributed by atoms with Crippen molar-refractivity contribution in [2.45, 2.75) is 25.5 Å². The van der Waals surface area contributed by atoms with Crippen LogP contribution in [0.15, 0.2) is 84.9 Å². The average Bonchev–Trinajstić information content (AvgIpc) is 3.12. The number of amides is 2. The second kappa shape index (κ2) is 10.7. The molecule has 1 heterocycles. The minimum absolute atomic E-state index is 0.0777. The van der Waals surface area contributed by atoms with Gasteiger partial charge in [0.2, 0.25) is 6.41 Å². The van der Waals surface area contributed by atoms with Gasteiger partial charge in [0.05, 0.1) is 17.2 Å². The number of hydrogen-bond donors (Lipinski definition) is 2. The van der Waals surface area contributed by atoms with E-state index in [1.54, 1.807) is 55.5 Å². The van der Waals surface area contributed by atoms with E-state index in [2.05, 4.69) is 0 Å². The molecule has 2 N–H and O–H groups in total. The van der Waals surface area contributed by atoms with Gasteiger partial charge >= 0.3 is 0 Å². The van der Waals surface area contributed by atoms with Gasteiger partial charge in [0.25, 0.3) is 11.6 Å². The summed E-state index contributed by atoms with van der Waals surface area (Å²) in [6, 6.07) is 20.3. The van der Waals surface area contributed by atoms with Crippen LogP contribution < -0.4 is 9.80 Å². The van der Waals surface area contributed by atoms with E-state index in [0.29, 0.717) is 35.5 Å². The van der Waals surface area contributed by atoms with Crippen LogP contribution in [0.5, 0.6) is 0 Å². The molecule has 9 heteroatoms. The molecule has 2 amide bonds. The van der Waals surface area contributed by atoms with Crippen molar-refractivity contribution in [1.29, 1.82) is 0 Å². The van der Waals surface area contributed by atoms with Crippen LogP contribution in [0, 0.1) is 16.0 Å². The average molecular weight is 502 g/mol. The first-order valence-electron chi connectivity index (χ1n) is 11.8. The molecule has 0 aliphatic carbocycles. The van der Waals surface area contributed by atoms with Gasteiger partial charge in [0, 0.05) is 41.6 Å². The molecule has 1 aliphatic heterocycles. The van der Waals surface area contributed by atoms with E-state index in [0.717, 1.165) is 0 Å². The number of non-ortho nitro benzene ring substituents is 1. The lowest BCUT2D eigenvalue weighted by Gasteiger charge is -2.27. The van der Waals surface area contributed by atoms with Gasteiger partial charge < -0.3 is 15.1 Å². The number of carbonyl (C=O) groups excluding carboxylic acids is 2. The molecule has 4 rings (SSSR count). The lowest BCUT2D eigenvalue weighted by molar-refractivity contribution is -0.385. The Bertz CT molecular complexity index is 1340. The Balaban J connectivity index is 1.72. The number of hydrogen-bond acceptors (Lipinski definition) is 6. The first-order chi connectivity index (χ1) is 17.8. The number of nitrogens with zero attached hydrogens (tertiary/aromatic N) is 3. The van der Waals surface area contributed by atoms with Crippen LogP contribution in [-0.2, 0) is 21.7 Å². The molecule has 37 heavy (non-hydrogen) atoms. The van der Waals surface area contributed by atoms with Crippen LogP contribution in [0.25, 0.3) is 0 Å². The number of anilines is 3. The molecule has 0 aromatic heterocycles. The second-order valence-corrected chi connectivity index (χ2v) is 8.83. The topological polar surface area (TPSA) is 124 Å². The standard InChI is InChI=1S/C28H27N3O6/c1-20(8-5-6-15-32)28(35)25-17-24(31(36)37)13-14-26(25)29(27(28)34)18-21-9-7-12-23(16-21)30(19-33)22-10-3-2-4-11-22/h2-5,7-14,16-17,19-20,32,35H,6,15,18H2,1H3/b8-5+/t20-,28+/m0/s1. The Hall–Kier alpha value is -4.34. The van der Waals surface area contributed by atoms with E-state index in [4.69, 9.17) is 5.11 Å². The highest BCUT2D eigenvalue weighted by Crippen LogP contribution is 2.47. The number of para-hydroxylation sites is 1. The molecule has 1 aliphatic rings. The quantitative estimate of drug-likeness (QED) is 0.186. The number of carbonyl (C=O) groups is 2. The van der Waals surface area contributed by atoms with Gasteiger partial charge in [-0.15, -0.1) is 0 Å². The highest BCUT2D eigenvalue weighted by Gasteiger charge is 2.53. The zero-order valence-corrected chi connectivity index (χ0v) is 20.2. The third kappa shape index (κ3) is 4.87. The zero-order valence-electron chi connectivity index (χ0n) is 20.2. The van der Waals surface area contributed by atoms with Crippen molar-refractivity contribution in [3.63, 3.8) is 0 Å². The van der Waals surface area contributed by atoms with E-state index < -0.39 is 22.3 Å². The predicted octanol–water partition coefficient (Wildman–Crippen LogP) is 4.20. The van der Waals surface area contributed by atoms with Gasteiger partial charge in [-0.05, 0) is 42.3 Å². The molecule has 0 saturated carbocycles. The largest absolute Gasteiger partial charge is 0.396 e. The Morgan fingerprint density at radius 2 is 1.81 bits per heavy atom. The van der Waals surface area contributed by atoms with Crippen molar-refractivity contribution < 1.29 is 24.7 Å². The first kappa shape index (κ1) is 25.7. The Morgan fingerprint density at radius 1 is 1.08 bits per heavy atom. The Morgan fingerprint density at radius 3 is 2.49 bits per heavy atom. The normalized spacial score (nSPS) is 17.6. The van der Waals surface area contributed by atoms with Crippen LogP contribution >= 0.6 is 0 Å². The molecule has 0 bridgehead atoms. The highest BCUT2D eigenvalue weighted by molar-refractivity contribution is 6.07. The number of nitro groups is 1. The fourth-order valence-electron chi connectivity index (χ4n) is 4.57. The van der Waals surface area contributed by atoms with Crippen LogP contribution in [0.3, 0.4) is 0 Å². The summed E-state index contributed by atoms with van der Waals surface area (Å²) in [7, 11) is 0. The van der Waals surface area contributed by atoms with Gasteiger partial charge in [-0.25, -0.2) is 0 Å². The van der Waals surface area contributed by atoms with Crippen LogP contribution in [0.4, 0.5) is 22.7 Å². The number of benzene rings is 3. The number of nitro benzene ring substituents is 1. The number of aliphatic hydroxyl groups excluding tert-OH is 1. The molecule has 3 aromatic carbocycles. The summed E-state index contributed by atoms with van der Waals surface area (Å²) in [5, 5.41) is 32.2. The van der Waals surface area contributed by atoms with Crippen LogP contribution in [0.2, 0.25) is 0 Å². The first-order valence-corrected chi connectivity index (χ1v) is 11.8. The van der Waals surface area contributed by atoms with Crippen molar-refractivity contribution in [3.05, 3.63) is 106 Å². The van der Waals surface area contributed by atoms with Crippen LogP contribution in [0.1, 0.15) is 24.5 Å². The fraction of sp³-hybridized carbons (Fsp3) is 0.214. The van der Waals surface area contributed by atoms with Gasteiger partial charge in [0.1, 0.15) is 0 Å². The summed E-state index contributed by atoms with van der Waals surface area (Å²) < 4.78 is 0. The molecule has 0 unspecified atom stereocenters. The maximum absolute atomic E-state index is 13.7. The molecular weight excluding hydrogens is 474 g/mol. The maximum Gasteiger partial charge on any atom is 0.269 e. The fourth-order valence-corrected chi connectivity index (χ4v) is 4.57. The van der Waals surface area contributed by atoms with Gasteiger partial charge in [-0.3, -0.25) is 24.6 Å². The monoisotopic (exact) mass is 501 g/mol. The van der Waals surface area contributed by atoms with E-state index >= 15 is 0 Å². The lowest BCUT2D eigenvalue weighted by atomic mass is 9.82. The third-order valence-corrected chi connectivity index (χ3v) is 6.51. The van der Waals surface area contributed by atoms with E-state index in [1.807, 2.05) is 18.2 Å². The van der Waals surface area contributed by atoms with Crippen molar-refractivity contribution >= 4 is 35.1 Å². The molecule has 190 valence electrons. The predicted molar refractivity (Wildman–Crippen MR) is 139 cm³/mol. The SMILES string of the molecule is C[C@@H](/C=C/CCO)[C@]1(O)C(=O)N(Cc2cccc(N(C=O)c3ccccc3)c2)c2ccc([N+](=O)[O-])cc21. The van der Waals surface area contributed by atoms with Crippen molar-refractivity contribution in [2.24, 2.45) is 5.92 Å². The Labute approximate surface area is 214 Å². The van der Waals surface area contributed by atoms with Gasteiger partial charge in [0.15, 0.2) is 5.60 Å². The number of aliphatic hydroxyl groups is 2. The van der Waals surface area contributed by atoms with Crippen molar-refractivity contribution in [1.82, 2.24) is 0 Å². The molecule has 3 aromatic rings. The molecule has 0 saturated heterocycles. The van der Waals surface area contributed by atoms with E-state index in [1.165, 1.54) is 28.0 Å². The minimum atomic E-state index is -2.02. The van der Waals surface area contributed by atoms with Crippen molar-refractivity contribution in [2.75, 3.05) is 16.4 Å². The summed E-state index contributed by atoms with van der Waals surface area (Å²) in [5.74, 6) is -1.32. The van der Waals surface area contributed by atoms with Crippen molar-refractivity contribution in [3.8, 4) is 0 Å². The number of rotatable bonds is 10. The summed E-state index contributed by atoms with van der Waals surface area (Å²) >= 11 is 0. The lowest BCUT2D eigenvalue weighted by Crippen LogP contribution is -2.44. The molecule has 0 fully saturated rings. The Kier molecular flexibility index (Phi) is 7.47. The smallest absolute Gasteiger partial charge is 0.269 e. The summed E-state index contributed by atoms with van der Waals surface area (Å²) in [4.78, 5) is 39.3. The second-order valence-electron chi connectivity index (χ2n) is 8.83. The minimum Gasteiger partial charge on any atom is -0.396 e. The summed E-state index contributed by atoms with van der Waals surface area (Å²) in [6.45, 7) is 1.65.